The summed E-state index contributed by atoms with van der Waals surface area (Å²) in [7, 11) is 0. The molecule has 0 amide bonds. The standard InChI is InChI=1S/C5H6OS/c6-5-3-1-2-4-7-5/h2,4H,1,3H2. The van der Waals surface area contributed by atoms with Crippen molar-refractivity contribution in [1.29, 1.82) is 0 Å². The van der Waals surface area contributed by atoms with Crippen LogP contribution in [0.4, 0.5) is 0 Å². The molecule has 1 aliphatic heterocycles. The number of thioether (sulfide) groups is 1. The van der Waals surface area contributed by atoms with Gasteiger partial charge in [0, 0.05) is 6.42 Å². The zero-order valence-electron chi connectivity index (χ0n) is 3.89. The van der Waals surface area contributed by atoms with Crippen LogP contribution in [0.5, 0.6) is 0 Å². The van der Waals surface area contributed by atoms with E-state index in [9.17, 15) is 4.79 Å². The van der Waals surface area contributed by atoms with Crippen molar-refractivity contribution >= 4 is 16.9 Å². The Kier molecular flexibility index (Phi) is 1.52. The summed E-state index contributed by atoms with van der Waals surface area (Å²) in [6.45, 7) is 0. The predicted molar refractivity (Wildman–Crippen MR) is 31.0 cm³/mol. The van der Waals surface area contributed by atoms with Crippen molar-refractivity contribution in [3.63, 3.8) is 0 Å². The largest absolute Gasteiger partial charge is 0.287 e. The van der Waals surface area contributed by atoms with E-state index in [-0.39, 0.29) is 0 Å². The van der Waals surface area contributed by atoms with Gasteiger partial charge in [0.25, 0.3) is 0 Å². The van der Waals surface area contributed by atoms with Crippen LogP contribution in [0.3, 0.4) is 0 Å². The molecule has 0 bridgehead atoms. The minimum atomic E-state index is 0.294. The number of allylic oxidation sites excluding steroid dienone is 1. The molecular formula is C5H6OS. The van der Waals surface area contributed by atoms with Crippen molar-refractivity contribution in [2.75, 3.05) is 0 Å². The van der Waals surface area contributed by atoms with Gasteiger partial charge in [-0.2, -0.15) is 0 Å². The normalized spacial score (nSPS) is 20.3. The summed E-state index contributed by atoms with van der Waals surface area (Å²) in [6.07, 6.45) is 3.68. The molecule has 0 spiro atoms. The summed E-state index contributed by atoms with van der Waals surface area (Å²) in [4.78, 5) is 10.4. The second-order valence-corrected chi connectivity index (χ2v) is 2.36. The van der Waals surface area contributed by atoms with Crippen molar-refractivity contribution < 1.29 is 4.79 Å². The van der Waals surface area contributed by atoms with Crippen LogP contribution in [0, 0.1) is 0 Å². The van der Waals surface area contributed by atoms with Crippen LogP contribution < -0.4 is 0 Å². The summed E-state index contributed by atoms with van der Waals surface area (Å²) in [5.74, 6) is 0. The highest BCUT2D eigenvalue weighted by Crippen LogP contribution is 2.14. The smallest absolute Gasteiger partial charge is 0.193 e. The maximum absolute atomic E-state index is 10.4. The molecule has 0 radical (unpaired) electrons. The van der Waals surface area contributed by atoms with Crippen LogP contribution >= 0.6 is 11.8 Å². The van der Waals surface area contributed by atoms with E-state index in [2.05, 4.69) is 0 Å². The molecule has 0 unspecified atom stereocenters. The minimum Gasteiger partial charge on any atom is -0.287 e. The maximum Gasteiger partial charge on any atom is 0.193 e. The number of carbonyl (C=O) groups excluding carboxylic acids is 1. The van der Waals surface area contributed by atoms with E-state index in [0.717, 1.165) is 12.8 Å². The van der Waals surface area contributed by atoms with Crippen LogP contribution in [0.25, 0.3) is 0 Å². The molecule has 1 aliphatic rings. The topological polar surface area (TPSA) is 17.1 Å². The molecule has 0 fully saturated rings. The van der Waals surface area contributed by atoms with Gasteiger partial charge in [-0.05, 0) is 11.8 Å². The van der Waals surface area contributed by atoms with E-state index in [1.807, 2.05) is 11.5 Å². The third kappa shape index (κ3) is 1.35. The van der Waals surface area contributed by atoms with Gasteiger partial charge in [0.15, 0.2) is 5.12 Å². The Bertz CT molecular complexity index is 107. The number of rotatable bonds is 0. The maximum atomic E-state index is 10.4. The van der Waals surface area contributed by atoms with Gasteiger partial charge in [-0.3, -0.25) is 4.79 Å². The van der Waals surface area contributed by atoms with Gasteiger partial charge in [-0.25, -0.2) is 0 Å². The molecule has 1 heterocycles. The van der Waals surface area contributed by atoms with E-state index >= 15 is 0 Å². The molecule has 1 nitrogen and oxygen atoms in total. The summed E-state index contributed by atoms with van der Waals surface area (Å²) in [5, 5.41) is 2.15. The van der Waals surface area contributed by atoms with Gasteiger partial charge < -0.3 is 0 Å². The third-order valence-electron chi connectivity index (χ3n) is 0.811. The molecule has 0 saturated carbocycles. The number of carbonyl (C=O) groups is 1. The molecular weight excluding hydrogens is 108 g/mol. The van der Waals surface area contributed by atoms with Crippen molar-refractivity contribution in [3.05, 3.63) is 11.5 Å². The number of hydrogen-bond donors (Lipinski definition) is 0. The first-order chi connectivity index (χ1) is 3.39. The molecule has 0 N–H and O–H groups in total. The Balaban J connectivity index is 2.47. The SMILES string of the molecule is O=C1CCC=CS1. The van der Waals surface area contributed by atoms with E-state index in [0.29, 0.717) is 5.12 Å². The molecule has 1 rings (SSSR count). The first-order valence-corrected chi connectivity index (χ1v) is 3.12. The lowest BCUT2D eigenvalue weighted by molar-refractivity contribution is -0.110. The summed E-state index contributed by atoms with van der Waals surface area (Å²) in [5.41, 5.74) is 0. The fourth-order valence-electron chi connectivity index (χ4n) is 0.452. The Morgan fingerprint density at radius 2 is 2.57 bits per heavy atom. The van der Waals surface area contributed by atoms with Crippen LogP contribution in [-0.4, -0.2) is 5.12 Å². The minimum absolute atomic E-state index is 0.294. The van der Waals surface area contributed by atoms with Gasteiger partial charge in [0.1, 0.15) is 0 Å². The average Bonchev–Trinajstić information content (AvgIpc) is 1.69. The molecule has 2 heteroatoms. The lowest BCUT2D eigenvalue weighted by atomic mass is 10.3. The fourth-order valence-corrected chi connectivity index (χ4v) is 1.07. The van der Waals surface area contributed by atoms with E-state index in [1.54, 1.807) is 0 Å². The molecule has 0 saturated heterocycles. The molecule has 0 aromatic carbocycles. The third-order valence-corrected chi connectivity index (χ3v) is 1.61. The lowest BCUT2D eigenvalue weighted by Crippen LogP contribution is -1.90. The van der Waals surface area contributed by atoms with E-state index < -0.39 is 0 Å². The zero-order valence-corrected chi connectivity index (χ0v) is 4.70. The molecule has 7 heavy (non-hydrogen) atoms. The summed E-state index contributed by atoms with van der Waals surface area (Å²) in [6, 6.07) is 0. The Hall–Kier alpha value is -0.240. The molecule has 38 valence electrons. The van der Waals surface area contributed by atoms with Crippen LogP contribution in [0.15, 0.2) is 11.5 Å². The van der Waals surface area contributed by atoms with Crippen molar-refractivity contribution in [3.8, 4) is 0 Å². The van der Waals surface area contributed by atoms with Crippen LogP contribution in [-0.2, 0) is 4.79 Å². The summed E-state index contributed by atoms with van der Waals surface area (Å²) < 4.78 is 0. The van der Waals surface area contributed by atoms with Crippen molar-refractivity contribution in [2.45, 2.75) is 12.8 Å². The lowest BCUT2D eigenvalue weighted by Gasteiger charge is -1.96. The predicted octanol–water partition coefficient (Wildman–Crippen LogP) is 1.55. The second kappa shape index (κ2) is 2.17. The van der Waals surface area contributed by atoms with Gasteiger partial charge in [-0.15, -0.1) is 0 Å². The van der Waals surface area contributed by atoms with Crippen molar-refractivity contribution in [2.24, 2.45) is 0 Å². The van der Waals surface area contributed by atoms with Gasteiger partial charge in [0.2, 0.25) is 0 Å². The highest BCUT2D eigenvalue weighted by molar-refractivity contribution is 8.16. The van der Waals surface area contributed by atoms with Gasteiger partial charge in [-0.1, -0.05) is 17.8 Å². The second-order valence-electron chi connectivity index (χ2n) is 1.40. The highest BCUT2D eigenvalue weighted by Gasteiger charge is 2.00. The van der Waals surface area contributed by atoms with Gasteiger partial charge in [0.05, 0.1) is 0 Å². The monoisotopic (exact) mass is 114 g/mol. The average molecular weight is 114 g/mol. The molecule has 0 aromatic rings. The fraction of sp³-hybridized carbons (Fsp3) is 0.400. The van der Waals surface area contributed by atoms with Crippen LogP contribution in [0.2, 0.25) is 0 Å². The van der Waals surface area contributed by atoms with E-state index in [1.165, 1.54) is 11.8 Å². The van der Waals surface area contributed by atoms with Crippen molar-refractivity contribution in [1.82, 2.24) is 0 Å². The van der Waals surface area contributed by atoms with Crippen LogP contribution in [0.1, 0.15) is 12.8 Å². The Morgan fingerprint density at radius 3 is 2.86 bits per heavy atom. The van der Waals surface area contributed by atoms with Gasteiger partial charge >= 0.3 is 0 Å². The molecule has 0 aliphatic carbocycles. The Labute approximate surface area is 46.8 Å². The first-order valence-electron chi connectivity index (χ1n) is 2.24. The highest BCUT2D eigenvalue weighted by atomic mass is 32.2. The summed E-state index contributed by atoms with van der Waals surface area (Å²) >= 11 is 1.30. The zero-order chi connectivity index (χ0) is 5.11. The molecule has 0 atom stereocenters. The molecule has 0 aromatic heterocycles. The Morgan fingerprint density at radius 1 is 1.71 bits per heavy atom. The first kappa shape index (κ1) is 4.91. The van der Waals surface area contributed by atoms with E-state index in [4.69, 9.17) is 0 Å². The quantitative estimate of drug-likeness (QED) is 0.475. The number of hydrogen-bond acceptors (Lipinski definition) is 2.